The molecule has 1 N–H and O–H groups in total. The molecule has 4 rings (SSSR count). The van der Waals surface area contributed by atoms with Gasteiger partial charge in [0.2, 0.25) is 17.3 Å². The van der Waals surface area contributed by atoms with Crippen molar-refractivity contribution in [3.8, 4) is 11.5 Å². The van der Waals surface area contributed by atoms with Gasteiger partial charge in [0, 0.05) is 44.2 Å². The Balaban J connectivity index is 1.41. The van der Waals surface area contributed by atoms with Crippen LogP contribution in [0.5, 0.6) is 0 Å². The van der Waals surface area contributed by atoms with Crippen LogP contribution in [0.2, 0.25) is 0 Å². The maximum absolute atomic E-state index is 12.6. The average Bonchev–Trinajstić information content (AvgIpc) is 3.17. The maximum atomic E-state index is 12.6. The molecule has 1 saturated heterocycles. The number of pyridine rings is 1. The predicted octanol–water partition coefficient (Wildman–Crippen LogP) is 1.31. The van der Waals surface area contributed by atoms with Crippen molar-refractivity contribution in [2.45, 2.75) is 19.3 Å². The molecule has 0 radical (unpaired) electrons. The van der Waals surface area contributed by atoms with Crippen LogP contribution < -0.4 is 5.56 Å². The summed E-state index contributed by atoms with van der Waals surface area (Å²) in [6, 6.07) is 2.91. The van der Waals surface area contributed by atoms with Crippen LogP contribution in [0.1, 0.15) is 29.1 Å². The Morgan fingerprint density at radius 3 is 3.04 bits per heavy atom. The third-order valence-corrected chi connectivity index (χ3v) is 4.56. The summed E-state index contributed by atoms with van der Waals surface area (Å²) >= 11 is 0. The molecule has 0 bridgehead atoms. The number of amides is 1. The number of aromatic amines is 1. The zero-order valence-corrected chi connectivity index (χ0v) is 14.5. The van der Waals surface area contributed by atoms with Crippen molar-refractivity contribution in [1.82, 2.24) is 30.0 Å². The van der Waals surface area contributed by atoms with Gasteiger partial charge >= 0.3 is 0 Å². The Bertz CT molecular complexity index is 964. The van der Waals surface area contributed by atoms with E-state index in [9.17, 15) is 9.59 Å². The molecule has 1 atom stereocenters. The molecule has 0 aromatic carbocycles. The van der Waals surface area contributed by atoms with E-state index < -0.39 is 0 Å². The lowest BCUT2D eigenvalue weighted by atomic mass is 9.94. The summed E-state index contributed by atoms with van der Waals surface area (Å²) in [5, 5.41) is 3.96. The molecule has 1 unspecified atom stereocenters. The highest BCUT2D eigenvalue weighted by Gasteiger charge is 2.26. The lowest BCUT2D eigenvalue weighted by Gasteiger charge is -2.32. The van der Waals surface area contributed by atoms with E-state index in [1.807, 2.05) is 4.90 Å². The van der Waals surface area contributed by atoms with Gasteiger partial charge in [0.05, 0.1) is 11.8 Å². The fraction of sp³-hybridized carbons (Fsp3) is 0.333. The van der Waals surface area contributed by atoms with Crippen molar-refractivity contribution in [3.63, 3.8) is 0 Å². The number of hydrogen-bond acceptors (Lipinski definition) is 7. The number of likely N-dealkylation sites (tertiary alicyclic amines) is 1. The number of nitrogens with one attached hydrogen (secondary N) is 1. The van der Waals surface area contributed by atoms with Crippen LogP contribution in [0.15, 0.2) is 46.2 Å². The molecule has 27 heavy (non-hydrogen) atoms. The van der Waals surface area contributed by atoms with Crippen LogP contribution in [-0.4, -0.2) is 49.0 Å². The van der Waals surface area contributed by atoms with Gasteiger partial charge in [-0.3, -0.25) is 14.6 Å². The first kappa shape index (κ1) is 17.1. The summed E-state index contributed by atoms with van der Waals surface area (Å²) in [5.74, 6) is 1.09. The van der Waals surface area contributed by atoms with Gasteiger partial charge in [-0.25, -0.2) is 4.98 Å². The molecule has 3 aromatic rings. The first-order chi connectivity index (χ1) is 13.2. The van der Waals surface area contributed by atoms with Crippen molar-refractivity contribution in [3.05, 3.63) is 58.7 Å². The number of rotatable bonds is 4. The number of hydrogen-bond donors (Lipinski definition) is 1. The van der Waals surface area contributed by atoms with Gasteiger partial charge in [0.25, 0.3) is 5.91 Å². The molecule has 0 spiro atoms. The summed E-state index contributed by atoms with van der Waals surface area (Å²) in [4.78, 5) is 40.7. The summed E-state index contributed by atoms with van der Waals surface area (Å²) in [6.45, 7) is 1.31. The highest BCUT2D eigenvalue weighted by Crippen LogP contribution is 2.22. The lowest BCUT2D eigenvalue weighted by Crippen LogP contribution is -2.40. The SMILES string of the molecule is O=C(c1ccc(=O)[nH]c1)N1CCCC(Cc2nc(-c3cnccn3)no2)C1. The second-order valence-electron chi connectivity index (χ2n) is 6.51. The summed E-state index contributed by atoms with van der Waals surface area (Å²) in [5.41, 5.74) is 0.822. The molecular weight excluding hydrogens is 348 g/mol. The molecule has 1 aliphatic heterocycles. The normalized spacial score (nSPS) is 17.0. The quantitative estimate of drug-likeness (QED) is 0.739. The Morgan fingerprint density at radius 2 is 2.26 bits per heavy atom. The molecule has 9 heteroatoms. The summed E-state index contributed by atoms with van der Waals surface area (Å²) in [6.07, 6.45) is 8.69. The van der Waals surface area contributed by atoms with Gasteiger partial charge in [-0.1, -0.05) is 5.16 Å². The standard InChI is InChI=1S/C18H18N6O3/c25-15-4-3-13(9-21-15)18(26)24-7-1-2-12(11-24)8-16-22-17(23-27-16)14-10-19-5-6-20-14/h3-6,9-10,12H,1-2,7-8,11H2,(H,21,25). The van der Waals surface area contributed by atoms with E-state index >= 15 is 0 Å². The fourth-order valence-corrected chi connectivity index (χ4v) is 3.25. The molecule has 0 aliphatic carbocycles. The van der Waals surface area contributed by atoms with Crippen LogP contribution in [0.3, 0.4) is 0 Å². The minimum Gasteiger partial charge on any atom is -0.339 e. The third-order valence-electron chi connectivity index (χ3n) is 4.56. The molecule has 1 fully saturated rings. The van der Waals surface area contributed by atoms with E-state index in [2.05, 4.69) is 25.1 Å². The summed E-state index contributed by atoms with van der Waals surface area (Å²) in [7, 11) is 0. The van der Waals surface area contributed by atoms with Gasteiger partial charge in [-0.15, -0.1) is 0 Å². The van der Waals surface area contributed by atoms with Crippen LogP contribution in [0.4, 0.5) is 0 Å². The minimum atomic E-state index is -0.224. The molecule has 1 aliphatic rings. The highest BCUT2D eigenvalue weighted by atomic mass is 16.5. The summed E-state index contributed by atoms with van der Waals surface area (Å²) < 4.78 is 5.34. The van der Waals surface area contributed by atoms with Crippen molar-refractivity contribution >= 4 is 5.91 Å². The zero-order chi connectivity index (χ0) is 18.6. The number of aromatic nitrogens is 5. The first-order valence-corrected chi connectivity index (χ1v) is 8.76. The van der Waals surface area contributed by atoms with Gasteiger partial charge in [-0.05, 0) is 24.8 Å². The molecule has 0 saturated carbocycles. The second kappa shape index (κ2) is 7.48. The topological polar surface area (TPSA) is 118 Å². The molecule has 138 valence electrons. The molecule has 3 aromatic heterocycles. The molecular formula is C18H18N6O3. The average molecular weight is 366 g/mol. The van der Waals surface area contributed by atoms with Crippen LogP contribution in [0, 0.1) is 5.92 Å². The van der Waals surface area contributed by atoms with E-state index in [1.165, 1.54) is 12.3 Å². The van der Waals surface area contributed by atoms with Crippen molar-refractivity contribution in [2.24, 2.45) is 5.92 Å². The smallest absolute Gasteiger partial charge is 0.255 e. The number of nitrogens with zero attached hydrogens (tertiary/aromatic N) is 5. The number of H-pyrrole nitrogens is 1. The van der Waals surface area contributed by atoms with E-state index in [0.717, 1.165) is 12.8 Å². The third kappa shape index (κ3) is 3.91. The van der Waals surface area contributed by atoms with Gasteiger partial charge in [0.1, 0.15) is 5.69 Å². The van der Waals surface area contributed by atoms with E-state index in [1.54, 1.807) is 24.7 Å². The Hall–Kier alpha value is -3.36. The van der Waals surface area contributed by atoms with Crippen LogP contribution >= 0.6 is 0 Å². The largest absolute Gasteiger partial charge is 0.339 e. The maximum Gasteiger partial charge on any atom is 0.255 e. The minimum absolute atomic E-state index is 0.0817. The monoisotopic (exact) mass is 366 g/mol. The van der Waals surface area contributed by atoms with E-state index in [0.29, 0.717) is 42.5 Å². The van der Waals surface area contributed by atoms with Crippen LogP contribution in [0.25, 0.3) is 11.5 Å². The van der Waals surface area contributed by atoms with Gasteiger partial charge < -0.3 is 14.4 Å². The van der Waals surface area contributed by atoms with Crippen LogP contribution in [-0.2, 0) is 6.42 Å². The van der Waals surface area contributed by atoms with Crippen molar-refractivity contribution < 1.29 is 9.32 Å². The lowest BCUT2D eigenvalue weighted by molar-refractivity contribution is 0.0667. The second-order valence-corrected chi connectivity index (χ2v) is 6.51. The van der Waals surface area contributed by atoms with Gasteiger partial charge in [0.15, 0.2) is 0 Å². The van der Waals surface area contributed by atoms with Crippen molar-refractivity contribution in [2.75, 3.05) is 13.1 Å². The molecule has 4 heterocycles. The molecule has 1 amide bonds. The molecule has 9 nitrogen and oxygen atoms in total. The number of piperidine rings is 1. The Labute approximate surface area is 154 Å². The fourth-order valence-electron chi connectivity index (χ4n) is 3.25. The van der Waals surface area contributed by atoms with Crippen molar-refractivity contribution in [1.29, 1.82) is 0 Å². The Morgan fingerprint density at radius 1 is 1.33 bits per heavy atom. The van der Waals surface area contributed by atoms with E-state index in [4.69, 9.17) is 4.52 Å². The number of carbonyl (C=O) groups is 1. The number of carbonyl (C=O) groups excluding carboxylic acids is 1. The predicted molar refractivity (Wildman–Crippen MR) is 94.7 cm³/mol. The zero-order valence-electron chi connectivity index (χ0n) is 14.5. The van der Waals surface area contributed by atoms with Gasteiger partial charge in [-0.2, -0.15) is 4.98 Å². The highest BCUT2D eigenvalue weighted by molar-refractivity contribution is 5.93. The first-order valence-electron chi connectivity index (χ1n) is 8.76. The van der Waals surface area contributed by atoms with E-state index in [-0.39, 0.29) is 17.4 Å². The Kier molecular flexibility index (Phi) is 4.73.